The van der Waals surface area contributed by atoms with Gasteiger partial charge in [0.1, 0.15) is 0 Å². The number of nitrogens with zero attached hydrogens (tertiary/aromatic N) is 2. The summed E-state index contributed by atoms with van der Waals surface area (Å²) in [6, 6.07) is 0.615. The minimum Gasteiger partial charge on any atom is -0.377 e. The number of rotatable bonds is 2. The van der Waals surface area contributed by atoms with E-state index in [0.29, 0.717) is 23.0 Å². The standard InChI is InChI=1S/C20H33N3O.HI/c1-2-21-18(23-12-11-19(14-23)7-3-4-8-19)22-16-15-6-13-24-17(15)20(16)9-5-10-20;/h15-17H,2-14H2,1H3,(H,21,22);1H. The highest BCUT2D eigenvalue weighted by molar-refractivity contribution is 14.0. The molecule has 0 aromatic carbocycles. The summed E-state index contributed by atoms with van der Waals surface area (Å²) >= 11 is 0. The molecule has 5 aliphatic rings. The van der Waals surface area contributed by atoms with E-state index in [1.54, 1.807) is 0 Å². The van der Waals surface area contributed by atoms with Crippen LogP contribution in [0.25, 0.3) is 0 Å². The molecule has 0 aromatic rings. The highest BCUT2D eigenvalue weighted by atomic mass is 127. The first-order chi connectivity index (χ1) is 11.8. The van der Waals surface area contributed by atoms with Crippen molar-refractivity contribution in [1.82, 2.24) is 10.2 Å². The van der Waals surface area contributed by atoms with Crippen LogP contribution in [0.2, 0.25) is 0 Å². The van der Waals surface area contributed by atoms with E-state index in [1.165, 1.54) is 76.8 Å². The molecule has 5 rings (SSSR count). The Morgan fingerprint density at radius 2 is 1.96 bits per heavy atom. The Balaban J connectivity index is 0.00000157. The molecule has 0 amide bonds. The summed E-state index contributed by atoms with van der Waals surface area (Å²) in [6.45, 7) is 6.47. The monoisotopic (exact) mass is 459 g/mol. The van der Waals surface area contributed by atoms with Gasteiger partial charge in [0, 0.05) is 43.6 Å². The molecule has 5 fully saturated rings. The van der Waals surface area contributed by atoms with Crippen LogP contribution in [0.1, 0.15) is 64.7 Å². The van der Waals surface area contributed by atoms with Gasteiger partial charge in [-0.15, -0.1) is 24.0 Å². The van der Waals surface area contributed by atoms with E-state index in [1.807, 2.05) is 0 Å². The number of guanidine groups is 1. The third kappa shape index (κ3) is 2.74. The van der Waals surface area contributed by atoms with Crippen LogP contribution >= 0.6 is 24.0 Å². The van der Waals surface area contributed by atoms with Gasteiger partial charge in [-0.3, -0.25) is 4.99 Å². The lowest BCUT2D eigenvalue weighted by Crippen LogP contribution is -2.72. The van der Waals surface area contributed by atoms with Crippen molar-refractivity contribution in [2.24, 2.45) is 21.7 Å². The summed E-state index contributed by atoms with van der Waals surface area (Å²) in [5.41, 5.74) is 1.06. The van der Waals surface area contributed by atoms with E-state index >= 15 is 0 Å². The molecule has 2 heterocycles. The number of ether oxygens (including phenoxy) is 1. The predicted octanol–water partition coefficient (Wildman–Crippen LogP) is 3.79. The molecule has 3 aliphatic carbocycles. The average molecular weight is 459 g/mol. The maximum atomic E-state index is 6.09. The Morgan fingerprint density at radius 3 is 2.64 bits per heavy atom. The molecule has 25 heavy (non-hydrogen) atoms. The summed E-state index contributed by atoms with van der Waals surface area (Å²) in [5, 5.41) is 3.96. The second-order valence-corrected chi connectivity index (χ2v) is 9.13. The number of aliphatic imine (C=N–C) groups is 1. The first-order valence-electron chi connectivity index (χ1n) is 10.4. The summed E-state index contributed by atoms with van der Waals surface area (Å²) in [4.78, 5) is 7.50. The van der Waals surface area contributed by atoms with Crippen molar-refractivity contribution < 1.29 is 4.74 Å². The van der Waals surface area contributed by atoms with Gasteiger partial charge in [-0.25, -0.2) is 0 Å². The second kappa shape index (κ2) is 6.84. The number of halogens is 1. The Morgan fingerprint density at radius 1 is 1.16 bits per heavy atom. The first-order valence-corrected chi connectivity index (χ1v) is 10.4. The van der Waals surface area contributed by atoms with Gasteiger partial charge in [0.2, 0.25) is 0 Å². The van der Waals surface area contributed by atoms with Crippen LogP contribution in [0.15, 0.2) is 4.99 Å². The number of fused-ring (bicyclic) bond motifs is 2. The van der Waals surface area contributed by atoms with E-state index < -0.39 is 0 Å². The fourth-order valence-electron chi connectivity index (χ4n) is 6.63. The number of hydrogen-bond acceptors (Lipinski definition) is 2. The number of nitrogens with one attached hydrogen (secondary N) is 1. The topological polar surface area (TPSA) is 36.9 Å². The maximum absolute atomic E-state index is 6.09. The molecule has 3 unspecified atom stereocenters. The summed E-state index contributed by atoms with van der Waals surface area (Å²) < 4.78 is 6.09. The minimum atomic E-state index is 0. The van der Waals surface area contributed by atoms with Crippen molar-refractivity contribution in [3.05, 3.63) is 0 Å². The van der Waals surface area contributed by atoms with E-state index in [-0.39, 0.29) is 24.0 Å². The molecule has 142 valence electrons. The van der Waals surface area contributed by atoms with Crippen molar-refractivity contribution in [1.29, 1.82) is 0 Å². The zero-order valence-corrected chi connectivity index (χ0v) is 18.0. The molecule has 5 heteroatoms. The summed E-state index contributed by atoms with van der Waals surface area (Å²) in [5.74, 6) is 1.94. The van der Waals surface area contributed by atoms with Crippen LogP contribution in [-0.4, -0.2) is 49.2 Å². The molecule has 2 aliphatic heterocycles. The molecule has 0 bridgehead atoms. The van der Waals surface area contributed by atoms with Gasteiger partial charge in [-0.05, 0) is 50.9 Å². The third-order valence-electron chi connectivity index (χ3n) is 8.03. The van der Waals surface area contributed by atoms with Gasteiger partial charge in [0.25, 0.3) is 0 Å². The number of hydrogen-bond donors (Lipinski definition) is 1. The molecule has 1 N–H and O–H groups in total. The highest BCUT2D eigenvalue weighted by Gasteiger charge is 2.67. The molecule has 3 saturated carbocycles. The first kappa shape index (κ1) is 18.3. The smallest absolute Gasteiger partial charge is 0.194 e. The fraction of sp³-hybridized carbons (Fsp3) is 0.950. The van der Waals surface area contributed by atoms with Gasteiger partial charge in [-0.2, -0.15) is 0 Å². The quantitative estimate of drug-likeness (QED) is 0.388. The molecule has 2 spiro atoms. The third-order valence-corrected chi connectivity index (χ3v) is 8.03. The van der Waals surface area contributed by atoms with Crippen molar-refractivity contribution in [2.75, 3.05) is 26.2 Å². The lowest BCUT2D eigenvalue weighted by molar-refractivity contribution is -0.171. The fourth-order valence-corrected chi connectivity index (χ4v) is 6.63. The van der Waals surface area contributed by atoms with Crippen LogP contribution in [-0.2, 0) is 4.74 Å². The van der Waals surface area contributed by atoms with Crippen LogP contribution in [0, 0.1) is 16.7 Å². The zero-order valence-electron chi connectivity index (χ0n) is 15.6. The van der Waals surface area contributed by atoms with Gasteiger partial charge in [0.15, 0.2) is 5.96 Å². The van der Waals surface area contributed by atoms with Crippen molar-refractivity contribution in [3.8, 4) is 0 Å². The van der Waals surface area contributed by atoms with E-state index in [9.17, 15) is 0 Å². The van der Waals surface area contributed by atoms with Crippen LogP contribution in [0.5, 0.6) is 0 Å². The van der Waals surface area contributed by atoms with E-state index in [2.05, 4.69) is 17.1 Å². The largest absolute Gasteiger partial charge is 0.377 e. The Bertz CT molecular complexity index is 527. The molecule has 0 aromatic heterocycles. The van der Waals surface area contributed by atoms with Crippen LogP contribution in [0.4, 0.5) is 0 Å². The molecular formula is C20H34IN3O. The van der Waals surface area contributed by atoms with Crippen molar-refractivity contribution in [3.63, 3.8) is 0 Å². The van der Waals surface area contributed by atoms with E-state index in [0.717, 1.165) is 19.1 Å². The minimum absolute atomic E-state index is 0. The molecule has 4 nitrogen and oxygen atoms in total. The van der Waals surface area contributed by atoms with Gasteiger partial charge in [-0.1, -0.05) is 19.3 Å². The van der Waals surface area contributed by atoms with Crippen molar-refractivity contribution >= 4 is 29.9 Å². The summed E-state index contributed by atoms with van der Waals surface area (Å²) in [7, 11) is 0. The second-order valence-electron chi connectivity index (χ2n) is 9.13. The van der Waals surface area contributed by atoms with Gasteiger partial charge >= 0.3 is 0 Å². The van der Waals surface area contributed by atoms with Gasteiger partial charge in [0.05, 0.1) is 6.10 Å². The van der Waals surface area contributed by atoms with Gasteiger partial charge < -0.3 is 15.0 Å². The molecule has 2 saturated heterocycles. The SMILES string of the molecule is CCN=C(NC1C2CCOC2C12CCC2)N1CCC2(CCCC2)C1.I. The Kier molecular flexibility index (Phi) is 5.02. The van der Waals surface area contributed by atoms with Crippen LogP contribution < -0.4 is 5.32 Å². The molecule has 0 radical (unpaired) electrons. The average Bonchev–Trinajstić information content (AvgIpc) is 3.25. The zero-order chi connectivity index (χ0) is 16.2. The van der Waals surface area contributed by atoms with E-state index in [4.69, 9.17) is 9.73 Å². The lowest BCUT2D eigenvalue weighted by Gasteiger charge is -2.63. The number of likely N-dealkylation sites (tertiary alicyclic amines) is 1. The van der Waals surface area contributed by atoms with Crippen molar-refractivity contribution in [2.45, 2.75) is 76.9 Å². The lowest BCUT2D eigenvalue weighted by atomic mass is 9.46. The normalized spacial score (nSPS) is 37.6. The highest BCUT2D eigenvalue weighted by Crippen LogP contribution is 2.62. The molecule has 3 atom stereocenters. The summed E-state index contributed by atoms with van der Waals surface area (Å²) in [6.07, 6.45) is 13.0. The van der Waals surface area contributed by atoms with Crippen LogP contribution in [0.3, 0.4) is 0 Å². The predicted molar refractivity (Wildman–Crippen MR) is 112 cm³/mol. The maximum Gasteiger partial charge on any atom is 0.194 e. The Labute approximate surface area is 169 Å². The molecular weight excluding hydrogens is 425 g/mol. The Hall–Kier alpha value is -0.0400.